The van der Waals surface area contributed by atoms with Crippen molar-refractivity contribution in [1.82, 2.24) is 19.7 Å². The summed E-state index contributed by atoms with van der Waals surface area (Å²) in [5.41, 5.74) is 0.735. The third-order valence-electron chi connectivity index (χ3n) is 2.87. The summed E-state index contributed by atoms with van der Waals surface area (Å²) in [6.07, 6.45) is 2.88. The van der Waals surface area contributed by atoms with Crippen molar-refractivity contribution in [2.75, 3.05) is 7.11 Å². The summed E-state index contributed by atoms with van der Waals surface area (Å²) >= 11 is 0. The molecular weight excluding hydrogens is 244 g/mol. The van der Waals surface area contributed by atoms with Crippen molar-refractivity contribution in [3.8, 4) is 5.88 Å². The average Bonchev–Trinajstić information content (AvgIpc) is 2.87. The van der Waals surface area contributed by atoms with Crippen molar-refractivity contribution in [2.24, 2.45) is 0 Å². The molecule has 0 aromatic carbocycles. The number of methoxy groups -OCH3 is 1. The number of aromatic nitrogens is 4. The van der Waals surface area contributed by atoms with E-state index in [1.165, 1.54) is 6.33 Å². The standard InChI is InChI=1S/C13H18N4O2/c1-9(2)17-12(15-8-16-17)6-11(18)10-4-5-13(19-3)14-7-10/h4-5,7-9,11,18H,6H2,1-3H3. The van der Waals surface area contributed by atoms with Crippen LogP contribution in [0.5, 0.6) is 5.88 Å². The van der Waals surface area contributed by atoms with Gasteiger partial charge in [-0.05, 0) is 25.5 Å². The average molecular weight is 262 g/mol. The quantitative estimate of drug-likeness (QED) is 0.884. The first-order valence-electron chi connectivity index (χ1n) is 6.18. The van der Waals surface area contributed by atoms with Crippen LogP contribution in [0.3, 0.4) is 0 Å². The van der Waals surface area contributed by atoms with Gasteiger partial charge in [-0.15, -0.1) is 0 Å². The largest absolute Gasteiger partial charge is 0.481 e. The van der Waals surface area contributed by atoms with Gasteiger partial charge in [0.05, 0.1) is 13.2 Å². The molecule has 0 bridgehead atoms. The second-order valence-electron chi connectivity index (χ2n) is 4.57. The van der Waals surface area contributed by atoms with E-state index in [0.29, 0.717) is 12.3 Å². The highest BCUT2D eigenvalue weighted by Crippen LogP contribution is 2.19. The van der Waals surface area contributed by atoms with Crippen molar-refractivity contribution >= 4 is 0 Å². The van der Waals surface area contributed by atoms with E-state index in [9.17, 15) is 5.11 Å². The zero-order valence-corrected chi connectivity index (χ0v) is 11.3. The third-order valence-corrected chi connectivity index (χ3v) is 2.87. The van der Waals surface area contributed by atoms with Crippen LogP contribution in [-0.2, 0) is 6.42 Å². The molecule has 1 N–H and O–H groups in total. The van der Waals surface area contributed by atoms with Crippen molar-refractivity contribution in [2.45, 2.75) is 32.4 Å². The van der Waals surface area contributed by atoms with E-state index in [4.69, 9.17) is 4.74 Å². The van der Waals surface area contributed by atoms with Crippen LogP contribution in [-0.4, -0.2) is 32.0 Å². The van der Waals surface area contributed by atoms with Crippen LogP contribution in [0.2, 0.25) is 0 Å². The number of ether oxygens (including phenoxy) is 1. The van der Waals surface area contributed by atoms with E-state index < -0.39 is 6.10 Å². The minimum absolute atomic E-state index is 0.221. The molecule has 6 nitrogen and oxygen atoms in total. The molecule has 0 saturated carbocycles. The van der Waals surface area contributed by atoms with E-state index in [1.807, 2.05) is 13.8 Å². The van der Waals surface area contributed by atoms with E-state index in [0.717, 1.165) is 11.4 Å². The van der Waals surface area contributed by atoms with Crippen molar-refractivity contribution in [3.63, 3.8) is 0 Å². The number of hydrogen-bond donors (Lipinski definition) is 1. The van der Waals surface area contributed by atoms with Crippen LogP contribution >= 0.6 is 0 Å². The molecule has 0 spiro atoms. The van der Waals surface area contributed by atoms with Gasteiger partial charge in [0.25, 0.3) is 0 Å². The summed E-state index contributed by atoms with van der Waals surface area (Å²) in [5, 5.41) is 14.3. The summed E-state index contributed by atoms with van der Waals surface area (Å²) in [7, 11) is 1.56. The van der Waals surface area contributed by atoms with Crippen LogP contribution in [0, 0.1) is 0 Å². The maximum absolute atomic E-state index is 10.2. The lowest BCUT2D eigenvalue weighted by Gasteiger charge is -2.13. The lowest BCUT2D eigenvalue weighted by atomic mass is 10.1. The smallest absolute Gasteiger partial charge is 0.212 e. The highest BCUT2D eigenvalue weighted by atomic mass is 16.5. The minimum atomic E-state index is -0.653. The first kappa shape index (κ1) is 13.5. The molecule has 2 rings (SSSR count). The molecule has 1 atom stereocenters. The Balaban J connectivity index is 2.11. The van der Waals surface area contributed by atoms with Crippen molar-refractivity contribution in [1.29, 1.82) is 0 Å². The molecule has 2 aromatic heterocycles. The molecule has 0 amide bonds. The number of hydrogen-bond acceptors (Lipinski definition) is 5. The van der Waals surface area contributed by atoms with Gasteiger partial charge in [-0.3, -0.25) is 0 Å². The van der Waals surface area contributed by atoms with E-state index in [-0.39, 0.29) is 6.04 Å². The second-order valence-corrected chi connectivity index (χ2v) is 4.57. The minimum Gasteiger partial charge on any atom is -0.481 e. The van der Waals surface area contributed by atoms with Gasteiger partial charge in [0.1, 0.15) is 12.2 Å². The summed E-state index contributed by atoms with van der Waals surface area (Å²) in [6, 6.07) is 3.75. The maximum Gasteiger partial charge on any atom is 0.212 e. The monoisotopic (exact) mass is 262 g/mol. The number of rotatable bonds is 5. The summed E-state index contributed by atoms with van der Waals surface area (Å²) in [5.74, 6) is 1.29. The van der Waals surface area contributed by atoms with Gasteiger partial charge in [-0.2, -0.15) is 5.10 Å². The summed E-state index contributed by atoms with van der Waals surface area (Å²) in [4.78, 5) is 8.26. The molecule has 0 aliphatic rings. The fourth-order valence-corrected chi connectivity index (χ4v) is 1.85. The Morgan fingerprint density at radius 3 is 2.68 bits per heavy atom. The van der Waals surface area contributed by atoms with Gasteiger partial charge in [0.15, 0.2) is 0 Å². The molecule has 0 saturated heterocycles. The Morgan fingerprint density at radius 1 is 1.32 bits per heavy atom. The predicted molar refractivity (Wildman–Crippen MR) is 69.9 cm³/mol. The van der Waals surface area contributed by atoms with Crippen LogP contribution < -0.4 is 4.74 Å². The van der Waals surface area contributed by atoms with Gasteiger partial charge in [0.2, 0.25) is 5.88 Å². The number of nitrogens with zero attached hydrogens (tertiary/aromatic N) is 4. The number of aliphatic hydroxyl groups excluding tert-OH is 1. The Kier molecular flexibility index (Phi) is 4.11. The zero-order chi connectivity index (χ0) is 13.8. The highest BCUT2D eigenvalue weighted by molar-refractivity contribution is 5.20. The molecule has 19 heavy (non-hydrogen) atoms. The summed E-state index contributed by atoms with van der Waals surface area (Å²) in [6.45, 7) is 4.05. The van der Waals surface area contributed by atoms with E-state index in [1.54, 1.807) is 30.1 Å². The van der Waals surface area contributed by atoms with E-state index in [2.05, 4.69) is 15.1 Å². The fourth-order valence-electron chi connectivity index (χ4n) is 1.85. The first-order valence-corrected chi connectivity index (χ1v) is 6.18. The molecule has 2 heterocycles. The Morgan fingerprint density at radius 2 is 2.11 bits per heavy atom. The lowest BCUT2D eigenvalue weighted by Crippen LogP contribution is -2.12. The molecule has 6 heteroatoms. The maximum atomic E-state index is 10.2. The van der Waals surface area contributed by atoms with Crippen LogP contribution in [0.4, 0.5) is 0 Å². The Labute approximate surface area is 112 Å². The normalized spacial score (nSPS) is 12.7. The topological polar surface area (TPSA) is 73.1 Å². The van der Waals surface area contributed by atoms with Gasteiger partial charge in [-0.1, -0.05) is 0 Å². The third kappa shape index (κ3) is 3.08. The number of aliphatic hydroxyl groups is 1. The van der Waals surface area contributed by atoms with Gasteiger partial charge in [0, 0.05) is 24.7 Å². The van der Waals surface area contributed by atoms with Crippen LogP contribution in [0.15, 0.2) is 24.7 Å². The summed E-state index contributed by atoms with van der Waals surface area (Å²) < 4.78 is 6.79. The Bertz CT molecular complexity index is 522. The molecule has 0 aliphatic carbocycles. The predicted octanol–water partition coefficient (Wildman–Crippen LogP) is 1.54. The van der Waals surface area contributed by atoms with Crippen molar-refractivity contribution < 1.29 is 9.84 Å². The lowest BCUT2D eigenvalue weighted by molar-refractivity contribution is 0.172. The van der Waals surface area contributed by atoms with Crippen LogP contribution in [0.25, 0.3) is 0 Å². The SMILES string of the molecule is COc1ccc(C(O)Cc2ncnn2C(C)C)cn1. The van der Waals surface area contributed by atoms with Crippen molar-refractivity contribution in [3.05, 3.63) is 36.0 Å². The zero-order valence-electron chi connectivity index (χ0n) is 11.3. The molecule has 1 unspecified atom stereocenters. The molecular formula is C13H18N4O2. The van der Waals surface area contributed by atoms with Gasteiger partial charge < -0.3 is 9.84 Å². The fraction of sp³-hybridized carbons (Fsp3) is 0.462. The van der Waals surface area contributed by atoms with Gasteiger partial charge >= 0.3 is 0 Å². The molecule has 0 aliphatic heterocycles. The van der Waals surface area contributed by atoms with Crippen LogP contribution in [0.1, 0.15) is 37.4 Å². The molecule has 2 aromatic rings. The second kappa shape index (κ2) is 5.79. The van der Waals surface area contributed by atoms with Gasteiger partial charge in [-0.25, -0.2) is 14.6 Å². The van der Waals surface area contributed by atoms with E-state index >= 15 is 0 Å². The molecule has 0 fully saturated rings. The Hall–Kier alpha value is -1.95. The highest BCUT2D eigenvalue weighted by Gasteiger charge is 2.15. The molecule has 0 radical (unpaired) electrons. The first-order chi connectivity index (χ1) is 9.11. The number of pyridine rings is 1. The molecule has 102 valence electrons.